The molecule has 5 heteroatoms. The first kappa shape index (κ1) is 12.5. The number of hydrogen-bond donors (Lipinski definition) is 0. The van der Waals surface area contributed by atoms with Gasteiger partial charge in [0.1, 0.15) is 5.82 Å². The lowest BCUT2D eigenvalue weighted by Crippen LogP contribution is -2.04. The molecule has 0 aliphatic heterocycles. The van der Waals surface area contributed by atoms with Gasteiger partial charge in [-0.25, -0.2) is 12.8 Å². The molecule has 0 spiro atoms. The van der Waals surface area contributed by atoms with E-state index in [2.05, 4.69) is 0 Å². The van der Waals surface area contributed by atoms with E-state index in [1.807, 2.05) is 0 Å². The molecule has 15 heavy (non-hydrogen) atoms. The standard InChI is InChI=1S/C10H12ClFO2S/c1-6-4-7(2)10(12)8(3)9(6)5-15(11,13)14/h4H,5H2,1-3H3. The van der Waals surface area contributed by atoms with Crippen LogP contribution < -0.4 is 0 Å². The van der Waals surface area contributed by atoms with Crippen molar-refractivity contribution in [3.63, 3.8) is 0 Å². The Kier molecular flexibility index (Phi) is 3.41. The largest absolute Gasteiger partial charge is 0.236 e. The predicted octanol–water partition coefficient (Wildman–Crippen LogP) is 2.82. The second kappa shape index (κ2) is 4.10. The molecule has 0 saturated heterocycles. The average molecular weight is 251 g/mol. The van der Waals surface area contributed by atoms with Crippen molar-refractivity contribution in [3.05, 3.63) is 34.1 Å². The minimum absolute atomic E-state index is 0.330. The molecular formula is C10H12ClFO2S. The summed E-state index contributed by atoms with van der Waals surface area (Å²) >= 11 is 0. The normalized spacial score (nSPS) is 11.8. The highest BCUT2D eigenvalue weighted by atomic mass is 35.7. The van der Waals surface area contributed by atoms with Gasteiger partial charge in [0.15, 0.2) is 0 Å². The lowest BCUT2D eigenvalue weighted by atomic mass is 10.0. The van der Waals surface area contributed by atoms with Crippen LogP contribution in [-0.2, 0) is 14.8 Å². The van der Waals surface area contributed by atoms with Crippen molar-refractivity contribution in [3.8, 4) is 0 Å². The topological polar surface area (TPSA) is 34.1 Å². The molecular weight excluding hydrogens is 239 g/mol. The van der Waals surface area contributed by atoms with Crippen molar-refractivity contribution < 1.29 is 12.8 Å². The minimum Gasteiger partial charge on any atom is -0.212 e. The van der Waals surface area contributed by atoms with Gasteiger partial charge in [0.05, 0.1) is 5.75 Å². The van der Waals surface area contributed by atoms with Crippen molar-refractivity contribution in [2.24, 2.45) is 0 Å². The summed E-state index contributed by atoms with van der Waals surface area (Å²) in [6.07, 6.45) is 0. The van der Waals surface area contributed by atoms with E-state index in [9.17, 15) is 12.8 Å². The molecule has 0 heterocycles. The maximum atomic E-state index is 13.5. The predicted molar refractivity (Wildman–Crippen MR) is 59.1 cm³/mol. The van der Waals surface area contributed by atoms with Crippen LogP contribution in [0.5, 0.6) is 0 Å². The van der Waals surface area contributed by atoms with E-state index in [1.165, 1.54) is 0 Å². The molecule has 0 bridgehead atoms. The highest BCUT2D eigenvalue weighted by Crippen LogP contribution is 2.23. The molecule has 0 unspecified atom stereocenters. The first-order chi connectivity index (χ1) is 6.72. The Hall–Kier alpha value is -0.610. The van der Waals surface area contributed by atoms with Gasteiger partial charge in [-0.15, -0.1) is 0 Å². The quantitative estimate of drug-likeness (QED) is 0.757. The Morgan fingerprint density at radius 3 is 2.27 bits per heavy atom. The van der Waals surface area contributed by atoms with E-state index in [0.717, 1.165) is 5.56 Å². The fourth-order valence-corrected chi connectivity index (χ4v) is 2.71. The van der Waals surface area contributed by atoms with Gasteiger partial charge in [-0.1, -0.05) is 6.07 Å². The van der Waals surface area contributed by atoms with E-state index >= 15 is 0 Å². The average Bonchev–Trinajstić information content (AvgIpc) is 2.07. The van der Waals surface area contributed by atoms with Crippen LogP contribution in [0.1, 0.15) is 22.3 Å². The van der Waals surface area contributed by atoms with Gasteiger partial charge in [-0.2, -0.15) is 0 Å². The van der Waals surface area contributed by atoms with E-state index in [1.54, 1.807) is 26.8 Å². The smallest absolute Gasteiger partial charge is 0.212 e. The third-order valence-corrected chi connectivity index (χ3v) is 3.31. The summed E-state index contributed by atoms with van der Waals surface area (Å²) in [7, 11) is 1.51. The van der Waals surface area contributed by atoms with Crippen molar-refractivity contribution in [1.82, 2.24) is 0 Å². The first-order valence-corrected chi connectivity index (χ1v) is 6.87. The summed E-state index contributed by atoms with van der Waals surface area (Å²) in [5.41, 5.74) is 2.07. The molecule has 2 nitrogen and oxygen atoms in total. The fourth-order valence-electron chi connectivity index (χ4n) is 1.59. The number of hydrogen-bond acceptors (Lipinski definition) is 2. The molecule has 0 aliphatic carbocycles. The Morgan fingerprint density at radius 1 is 1.27 bits per heavy atom. The summed E-state index contributed by atoms with van der Waals surface area (Å²) in [5, 5.41) is 0. The third kappa shape index (κ3) is 2.92. The Balaban J connectivity index is 3.37. The van der Waals surface area contributed by atoms with Gasteiger partial charge in [0.25, 0.3) is 0 Å². The summed E-state index contributed by atoms with van der Waals surface area (Å²) in [6, 6.07) is 1.62. The molecule has 0 saturated carbocycles. The zero-order chi connectivity index (χ0) is 11.8. The van der Waals surface area contributed by atoms with Crippen LogP contribution in [0.2, 0.25) is 0 Å². The molecule has 1 aromatic carbocycles. The first-order valence-electron chi connectivity index (χ1n) is 4.40. The molecule has 84 valence electrons. The van der Waals surface area contributed by atoms with Crippen LogP contribution in [0.25, 0.3) is 0 Å². The van der Waals surface area contributed by atoms with Crippen LogP contribution >= 0.6 is 10.7 Å². The van der Waals surface area contributed by atoms with Crippen LogP contribution in [0.15, 0.2) is 6.07 Å². The van der Waals surface area contributed by atoms with Gasteiger partial charge < -0.3 is 0 Å². The molecule has 0 atom stereocenters. The van der Waals surface area contributed by atoms with Gasteiger partial charge in [0.2, 0.25) is 9.05 Å². The van der Waals surface area contributed by atoms with Gasteiger partial charge in [-0.05, 0) is 43.0 Å². The SMILES string of the molecule is Cc1cc(C)c(CS(=O)(=O)Cl)c(C)c1F. The van der Waals surface area contributed by atoms with E-state index in [-0.39, 0.29) is 11.6 Å². The highest BCUT2D eigenvalue weighted by Gasteiger charge is 2.16. The van der Waals surface area contributed by atoms with E-state index in [4.69, 9.17) is 10.7 Å². The van der Waals surface area contributed by atoms with Crippen LogP contribution in [0.3, 0.4) is 0 Å². The minimum atomic E-state index is -3.65. The Bertz CT molecular complexity index is 495. The zero-order valence-electron chi connectivity index (χ0n) is 8.77. The maximum Gasteiger partial charge on any atom is 0.236 e. The van der Waals surface area contributed by atoms with Crippen molar-refractivity contribution >= 4 is 19.7 Å². The Labute approximate surface area is 93.5 Å². The molecule has 0 amide bonds. The lowest BCUT2D eigenvalue weighted by molar-refractivity contribution is 0.601. The lowest BCUT2D eigenvalue weighted by Gasteiger charge is -2.11. The van der Waals surface area contributed by atoms with Crippen LogP contribution in [0, 0.1) is 26.6 Å². The monoisotopic (exact) mass is 250 g/mol. The fraction of sp³-hybridized carbons (Fsp3) is 0.400. The van der Waals surface area contributed by atoms with E-state index in [0.29, 0.717) is 16.7 Å². The summed E-state index contributed by atoms with van der Waals surface area (Å²) in [4.78, 5) is 0. The van der Waals surface area contributed by atoms with Gasteiger partial charge in [0, 0.05) is 10.7 Å². The molecule has 0 fully saturated rings. The molecule has 0 aromatic heterocycles. The van der Waals surface area contributed by atoms with Crippen molar-refractivity contribution in [2.75, 3.05) is 0 Å². The van der Waals surface area contributed by atoms with Gasteiger partial charge >= 0.3 is 0 Å². The third-order valence-electron chi connectivity index (χ3n) is 2.35. The van der Waals surface area contributed by atoms with Crippen LogP contribution in [-0.4, -0.2) is 8.42 Å². The second-order valence-electron chi connectivity index (χ2n) is 3.61. The number of benzene rings is 1. The van der Waals surface area contributed by atoms with E-state index < -0.39 is 9.05 Å². The molecule has 0 radical (unpaired) electrons. The molecule has 1 aromatic rings. The number of rotatable bonds is 2. The molecule has 1 rings (SSSR count). The molecule has 0 N–H and O–H groups in total. The summed E-state index contributed by atoms with van der Waals surface area (Å²) in [6.45, 7) is 4.96. The van der Waals surface area contributed by atoms with Crippen LogP contribution in [0.4, 0.5) is 4.39 Å². The highest BCUT2D eigenvalue weighted by molar-refractivity contribution is 8.13. The van der Waals surface area contributed by atoms with Crippen molar-refractivity contribution in [1.29, 1.82) is 0 Å². The summed E-state index contributed by atoms with van der Waals surface area (Å²) in [5.74, 6) is -0.695. The number of aryl methyl sites for hydroxylation is 2. The maximum absolute atomic E-state index is 13.5. The van der Waals surface area contributed by atoms with Gasteiger partial charge in [-0.3, -0.25) is 0 Å². The number of halogens is 2. The molecule has 0 aliphatic rings. The second-order valence-corrected chi connectivity index (χ2v) is 6.39. The zero-order valence-corrected chi connectivity index (χ0v) is 10.3. The summed E-state index contributed by atoms with van der Waals surface area (Å²) < 4.78 is 35.4. The van der Waals surface area contributed by atoms with Crippen molar-refractivity contribution in [2.45, 2.75) is 26.5 Å². The Morgan fingerprint density at radius 2 is 1.80 bits per heavy atom.